The second-order valence-corrected chi connectivity index (χ2v) is 4.03. The van der Waals surface area contributed by atoms with Gasteiger partial charge in [-0.3, -0.25) is 0 Å². The van der Waals surface area contributed by atoms with Crippen molar-refractivity contribution in [1.82, 2.24) is 5.32 Å². The largest absolute Gasteiger partial charge is 0.493 e. The van der Waals surface area contributed by atoms with E-state index in [2.05, 4.69) is 5.32 Å². The van der Waals surface area contributed by atoms with Gasteiger partial charge in [0, 0.05) is 6.07 Å². The molecule has 1 aliphatic heterocycles. The minimum atomic E-state index is 0.308. The highest BCUT2D eigenvalue weighted by Gasteiger charge is 2.13. The van der Waals surface area contributed by atoms with E-state index < -0.39 is 0 Å². The van der Waals surface area contributed by atoms with E-state index in [9.17, 15) is 0 Å². The van der Waals surface area contributed by atoms with Gasteiger partial charge in [-0.05, 0) is 45.0 Å². The number of ether oxygens (including phenoxy) is 3. The van der Waals surface area contributed by atoms with E-state index in [-0.39, 0.29) is 0 Å². The van der Waals surface area contributed by atoms with Crippen LogP contribution in [0.3, 0.4) is 0 Å². The fourth-order valence-electron chi connectivity index (χ4n) is 1.74. The Balaban J connectivity index is 1.69. The highest BCUT2D eigenvalue weighted by atomic mass is 16.7. The quantitative estimate of drug-likeness (QED) is 0.738. The van der Waals surface area contributed by atoms with Crippen LogP contribution >= 0.6 is 0 Å². The zero-order valence-electron chi connectivity index (χ0n) is 10.2. The predicted molar refractivity (Wildman–Crippen MR) is 65.8 cm³/mol. The highest BCUT2D eigenvalue weighted by Crippen LogP contribution is 2.35. The SMILES string of the molecule is CNCCCCCOc1ccc2c(c1)OCO2. The predicted octanol–water partition coefficient (Wildman–Crippen LogP) is 2.18. The Morgan fingerprint density at radius 3 is 2.94 bits per heavy atom. The second-order valence-electron chi connectivity index (χ2n) is 4.03. The van der Waals surface area contributed by atoms with Crippen LogP contribution in [0.1, 0.15) is 19.3 Å². The summed E-state index contributed by atoms with van der Waals surface area (Å²) in [7, 11) is 1.98. The maximum absolute atomic E-state index is 5.66. The molecule has 4 heteroatoms. The van der Waals surface area contributed by atoms with Crippen LogP contribution in [0.4, 0.5) is 0 Å². The van der Waals surface area contributed by atoms with Gasteiger partial charge in [0.15, 0.2) is 11.5 Å². The van der Waals surface area contributed by atoms with E-state index >= 15 is 0 Å². The molecule has 0 atom stereocenters. The summed E-state index contributed by atoms with van der Waals surface area (Å²) in [5, 5.41) is 3.13. The molecule has 0 spiro atoms. The molecule has 0 saturated carbocycles. The van der Waals surface area contributed by atoms with Gasteiger partial charge in [0.05, 0.1) is 6.61 Å². The molecule has 0 amide bonds. The Morgan fingerprint density at radius 1 is 1.18 bits per heavy atom. The van der Waals surface area contributed by atoms with E-state index in [0.29, 0.717) is 6.79 Å². The van der Waals surface area contributed by atoms with E-state index in [4.69, 9.17) is 14.2 Å². The topological polar surface area (TPSA) is 39.7 Å². The Labute approximate surface area is 102 Å². The zero-order valence-corrected chi connectivity index (χ0v) is 10.2. The first-order chi connectivity index (χ1) is 8.40. The molecular formula is C13H19NO3. The van der Waals surface area contributed by atoms with Crippen LogP contribution in [0.5, 0.6) is 17.2 Å². The summed E-state index contributed by atoms with van der Waals surface area (Å²) in [4.78, 5) is 0. The van der Waals surface area contributed by atoms with Crippen molar-refractivity contribution < 1.29 is 14.2 Å². The van der Waals surface area contributed by atoms with Gasteiger partial charge in [0.25, 0.3) is 0 Å². The van der Waals surface area contributed by atoms with Crippen LogP contribution in [0, 0.1) is 0 Å². The summed E-state index contributed by atoms with van der Waals surface area (Å²) < 4.78 is 16.2. The number of fused-ring (bicyclic) bond motifs is 1. The lowest BCUT2D eigenvalue weighted by Crippen LogP contribution is -2.07. The van der Waals surface area contributed by atoms with Crippen molar-refractivity contribution in [3.05, 3.63) is 18.2 Å². The number of unbranched alkanes of at least 4 members (excludes halogenated alkanes) is 2. The molecule has 4 nitrogen and oxygen atoms in total. The molecule has 1 N–H and O–H groups in total. The van der Waals surface area contributed by atoms with Crippen LogP contribution in [0.15, 0.2) is 18.2 Å². The lowest BCUT2D eigenvalue weighted by atomic mass is 10.2. The molecule has 94 valence electrons. The third kappa shape index (κ3) is 3.53. The summed E-state index contributed by atoms with van der Waals surface area (Å²) in [5.74, 6) is 2.42. The first-order valence-corrected chi connectivity index (χ1v) is 6.07. The van der Waals surface area contributed by atoms with Crippen LogP contribution in [0.25, 0.3) is 0 Å². The molecule has 0 radical (unpaired) electrons. The van der Waals surface area contributed by atoms with Gasteiger partial charge in [-0.15, -0.1) is 0 Å². The van der Waals surface area contributed by atoms with E-state index in [1.54, 1.807) is 0 Å². The summed E-state index contributed by atoms with van der Waals surface area (Å²) >= 11 is 0. The Kier molecular flexibility index (Phi) is 4.50. The van der Waals surface area contributed by atoms with E-state index in [1.807, 2.05) is 25.2 Å². The number of hydrogen-bond donors (Lipinski definition) is 1. The number of rotatable bonds is 7. The molecule has 0 bridgehead atoms. The van der Waals surface area contributed by atoms with Crippen molar-refractivity contribution in [2.75, 3.05) is 27.0 Å². The third-order valence-corrected chi connectivity index (χ3v) is 2.68. The van der Waals surface area contributed by atoms with E-state index in [0.717, 1.165) is 36.8 Å². The number of hydrogen-bond acceptors (Lipinski definition) is 4. The Morgan fingerprint density at radius 2 is 2.06 bits per heavy atom. The molecule has 1 heterocycles. The van der Waals surface area contributed by atoms with Crippen molar-refractivity contribution >= 4 is 0 Å². The van der Waals surface area contributed by atoms with Crippen molar-refractivity contribution in [3.63, 3.8) is 0 Å². The summed E-state index contributed by atoms with van der Waals surface area (Å²) in [5.41, 5.74) is 0. The molecule has 0 unspecified atom stereocenters. The highest BCUT2D eigenvalue weighted by molar-refractivity contribution is 5.46. The maximum atomic E-state index is 5.66. The molecule has 1 aromatic rings. The first kappa shape index (κ1) is 12.0. The maximum Gasteiger partial charge on any atom is 0.231 e. The minimum absolute atomic E-state index is 0.308. The molecule has 2 rings (SSSR count). The molecule has 0 saturated heterocycles. The van der Waals surface area contributed by atoms with Crippen molar-refractivity contribution in [1.29, 1.82) is 0 Å². The van der Waals surface area contributed by atoms with E-state index in [1.165, 1.54) is 12.8 Å². The van der Waals surface area contributed by atoms with Crippen LogP contribution in [-0.4, -0.2) is 27.0 Å². The van der Waals surface area contributed by atoms with Gasteiger partial charge < -0.3 is 19.5 Å². The second kappa shape index (κ2) is 6.35. The summed E-state index contributed by atoms with van der Waals surface area (Å²) in [6, 6.07) is 5.69. The van der Waals surface area contributed by atoms with Gasteiger partial charge >= 0.3 is 0 Å². The zero-order chi connectivity index (χ0) is 11.9. The smallest absolute Gasteiger partial charge is 0.231 e. The number of nitrogens with one attached hydrogen (secondary N) is 1. The van der Waals surface area contributed by atoms with Gasteiger partial charge in [0.1, 0.15) is 5.75 Å². The van der Waals surface area contributed by atoms with Gasteiger partial charge in [-0.25, -0.2) is 0 Å². The first-order valence-electron chi connectivity index (χ1n) is 6.07. The summed E-state index contributed by atoms with van der Waals surface area (Å²) in [6.45, 7) is 2.14. The molecule has 1 aliphatic rings. The van der Waals surface area contributed by atoms with Gasteiger partial charge in [-0.2, -0.15) is 0 Å². The van der Waals surface area contributed by atoms with Crippen LogP contribution in [-0.2, 0) is 0 Å². The monoisotopic (exact) mass is 237 g/mol. The normalized spacial score (nSPS) is 12.8. The molecular weight excluding hydrogens is 218 g/mol. The molecule has 0 aromatic heterocycles. The summed E-state index contributed by atoms with van der Waals surface area (Å²) in [6.07, 6.45) is 3.46. The third-order valence-electron chi connectivity index (χ3n) is 2.68. The van der Waals surface area contributed by atoms with Crippen molar-refractivity contribution in [2.24, 2.45) is 0 Å². The fraction of sp³-hybridized carbons (Fsp3) is 0.538. The standard InChI is InChI=1S/C13H19NO3/c1-14-7-3-2-4-8-15-11-5-6-12-13(9-11)17-10-16-12/h5-6,9,14H,2-4,7-8,10H2,1H3. The molecule has 1 aromatic carbocycles. The lowest BCUT2D eigenvalue weighted by Gasteiger charge is -2.06. The minimum Gasteiger partial charge on any atom is -0.493 e. The molecule has 17 heavy (non-hydrogen) atoms. The van der Waals surface area contributed by atoms with Gasteiger partial charge in [0.2, 0.25) is 6.79 Å². The average molecular weight is 237 g/mol. The number of benzene rings is 1. The average Bonchev–Trinajstić information content (AvgIpc) is 2.81. The Bertz CT molecular complexity index is 355. The lowest BCUT2D eigenvalue weighted by molar-refractivity contribution is 0.173. The molecule has 0 aliphatic carbocycles. The van der Waals surface area contributed by atoms with Crippen LogP contribution < -0.4 is 19.5 Å². The van der Waals surface area contributed by atoms with Crippen molar-refractivity contribution in [3.8, 4) is 17.2 Å². The Hall–Kier alpha value is -1.42. The fourth-order valence-corrected chi connectivity index (χ4v) is 1.74. The van der Waals surface area contributed by atoms with Crippen molar-refractivity contribution in [2.45, 2.75) is 19.3 Å². The molecule has 0 fully saturated rings. The van der Waals surface area contributed by atoms with Gasteiger partial charge in [-0.1, -0.05) is 0 Å². The van der Waals surface area contributed by atoms with Crippen LogP contribution in [0.2, 0.25) is 0 Å².